The summed E-state index contributed by atoms with van der Waals surface area (Å²) in [5.74, 6) is -0.307. The minimum absolute atomic E-state index is 0.0491. The summed E-state index contributed by atoms with van der Waals surface area (Å²) in [6, 6.07) is 7.74. The second-order valence-corrected chi connectivity index (χ2v) is 4.56. The lowest BCUT2D eigenvalue weighted by atomic mass is 10.1. The molecule has 18 heavy (non-hydrogen) atoms. The fourth-order valence-electron chi connectivity index (χ4n) is 2.75. The number of nitrogens with zero attached hydrogens (tertiary/aromatic N) is 1. The molecule has 3 rings (SSSR count). The largest absolute Gasteiger partial charge is 0.456 e. The van der Waals surface area contributed by atoms with Gasteiger partial charge in [0.2, 0.25) is 0 Å². The Balaban J connectivity index is 2.25. The molecule has 1 aromatic heterocycles. The second kappa shape index (κ2) is 3.70. The normalized spacial score (nSPS) is 18.1. The predicted octanol–water partition coefficient (Wildman–Crippen LogP) is 2.37. The van der Waals surface area contributed by atoms with Crippen LogP contribution in [0.15, 0.2) is 24.3 Å². The topological polar surface area (TPSA) is 48.3 Å². The van der Waals surface area contributed by atoms with Crippen LogP contribution < -0.4 is 0 Å². The lowest BCUT2D eigenvalue weighted by molar-refractivity contribution is -0.146. The Kier molecular flexibility index (Phi) is 2.26. The molecule has 4 nitrogen and oxygen atoms in total. The van der Waals surface area contributed by atoms with E-state index in [1.807, 2.05) is 35.9 Å². The zero-order chi connectivity index (χ0) is 12.9. The van der Waals surface area contributed by atoms with Gasteiger partial charge in [-0.05, 0) is 6.07 Å². The van der Waals surface area contributed by atoms with Crippen LogP contribution >= 0.6 is 0 Å². The molecule has 0 N–H and O–H groups in total. The summed E-state index contributed by atoms with van der Waals surface area (Å²) in [7, 11) is 1.90. The van der Waals surface area contributed by atoms with Crippen molar-refractivity contribution < 1.29 is 14.3 Å². The molecule has 0 fully saturated rings. The van der Waals surface area contributed by atoms with E-state index in [0.29, 0.717) is 5.56 Å². The highest BCUT2D eigenvalue weighted by molar-refractivity contribution is 6.12. The summed E-state index contributed by atoms with van der Waals surface area (Å²) in [6.07, 6.45) is -0.189. The van der Waals surface area contributed by atoms with Crippen molar-refractivity contribution in [2.75, 3.05) is 0 Å². The molecular formula is C14H13NO3. The van der Waals surface area contributed by atoms with E-state index in [1.165, 1.54) is 6.92 Å². The standard InChI is InChI=1S/C14H13NO3/c1-8(16)18-12-7-11(17)13-9-5-3-4-6-10(9)15(2)14(12)13/h3-6,12H,7H2,1-2H3. The summed E-state index contributed by atoms with van der Waals surface area (Å²) >= 11 is 0. The number of hydrogen-bond donors (Lipinski definition) is 0. The summed E-state index contributed by atoms with van der Waals surface area (Å²) in [5.41, 5.74) is 2.52. The van der Waals surface area contributed by atoms with E-state index < -0.39 is 6.10 Å². The number of fused-ring (bicyclic) bond motifs is 3. The van der Waals surface area contributed by atoms with Crippen molar-refractivity contribution in [2.45, 2.75) is 19.4 Å². The first kappa shape index (κ1) is 11.0. The molecule has 4 heteroatoms. The maximum atomic E-state index is 12.1. The lowest BCUT2D eigenvalue weighted by Gasteiger charge is -2.12. The number of esters is 1. The molecule has 1 aliphatic carbocycles. The molecule has 0 saturated carbocycles. The number of carbonyl (C=O) groups is 2. The smallest absolute Gasteiger partial charge is 0.303 e. The lowest BCUT2D eigenvalue weighted by Crippen LogP contribution is -2.09. The second-order valence-electron chi connectivity index (χ2n) is 4.56. The number of carbonyl (C=O) groups excluding carboxylic acids is 2. The number of rotatable bonds is 1. The SMILES string of the molecule is CC(=O)OC1CC(=O)c2c1n(C)c1ccccc21. The minimum atomic E-state index is -0.442. The molecule has 1 aromatic carbocycles. The van der Waals surface area contributed by atoms with Crippen molar-refractivity contribution in [1.29, 1.82) is 0 Å². The van der Waals surface area contributed by atoms with E-state index in [4.69, 9.17) is 4.74 Å². The number of ketones is 1. The number of para-hydroxylation sites is 1. The van der Waals surface area contributed by atoms with E-state index in [-0.39, 0.29) is 18.2 Å². The van der Waals surface area contributed by atoms with Crippen molar-refractivity contribution in [1.82, 2.24) is 4.57 Å². The molecule has 0 bridgehead atoms. The van der Waals surface area contributed by atoms with Gasteiger partial charge in [-0.15, -0.1) is 0 Å². The van der Waals surface area contributed by atoms with Crippen LogP contribution in [0.1, 0.15) is 35.5 Å². The van der Waals surface area contributed by atoms with Gasteiger partial charge in [0.15, 0.2) is 5.78 Å². The predicted molar refractivity (Wildman–Crippen MR) is 66.4 cm³/mol. The van der Waals surface area contributed by atoms with Crippen LogP contribution in [0.3, 0.4) is 0 Å². The highest BCUT2D eigenvalue weighted by Crippen LogP contribution is 2.39. The number of benzene rings is 1. The van der Waals surface area contributed by atoms with E-state index in [0.717, 1.165) is 16.6 Å². The average molecular weight is 243 g/mol. The van der Waals surface area contributed by atoms with E-state index in [1.54, 1.807) is 0 Å². The van der Waals surface area contributed by atoms with Gasteiger partial charge in [0.05, 0.1) is 17.7 Å². The first-order valence-electron chi connectivity index (χ1n) is 5.87. The van der Waals surface area contributed by atoms with Crippen molar-refractivity contribution in [3.8, 4) is 0 Å². The molecule has 1 atom stereocenters. The van der Waals surface area contributed by atoms with Gasteiger partial charge in [-0.25, -0.2) is 0 Å². The van der Waals surface area contributed by atoms with Gasteiger partial charge in [-0.2, -0.15) is 0 Å². The highest BCUT2D eigenvalue weighted by atomic mass is 16.5. The van der Waals surface area contributed by atoms with Crippen LogP contribution in [0.4, 0.5) is 0 Å². The molecule has 2 aromatic rings. The van der Waals surface area contributed by atoms with Crippen molar-refractivity contribution in [2.24, 2.45) is 7.05 Å². The molecule has 1 unspecified atom stereocenters. The maximum absolute atomic E-state index is 12.1. The Morgan fingerprint density at radius 1 is 1.39 bits per heavy atom. The Morgan fingerprint density at radius 2 is 2.11 bits per heavy atom. The number of Topliss-reactive ketones (excluding diaryl/α,β-unsaturated/α-hetero) is 1. The van der Waals surface area contributed by atoms with Crippen LogP contribution in [-0.2, 0) is 16.6 Å². The molecule has 92 valence electrons. The molecule has 0 radical (unpaired) electrons. The number of ether oxygens (including phenoxy) is 1. The first-order valence-corrected chi connectivity index (χ1v) is 5.87. The van der Waals surface area contributed by atoms with Crippen LogP contribution in [0.2, 0.25) is 0 Å². The Bertz CT molecular complexity index is 669. The summed E-state index contributed by atoms with van der Waals surface area (Å²) in [4.78, 5) is 23.2. The van der Waals surface area contributed by atoms with Crippen molar-refractivity contribution in [3.05, 3.63) is 35.5 Å². The van der Waals surface area contributed by atoms with Gasteiger partial charge >= 0.3 is 5.97 Å². The van der Waals surface area contributed by atoms with Gasteiger partial charge in [0.25, 0.3) is 0 Å². The molecular weight excluding hydrogens is 230 g/mol. The van der Waals surface area contributed by atoms with E-state index in [9.17, 15) is 9.59 Å². The molecule has 0 spiro atoms. The van der Waals surface area contributed by atoms with E-state index in [2.05, 4.69) is 0 Å². The summed E-state index contributed by atoms with van der Waals surface area (Å²) in [5, 5.41) is 0.939. The Hall–Kier alpha value is -2.10. The van der Waals surface area contributed by atoms with Crippen LogP contribution in [-0.4, -0.2) is 16.3 Å². The van der Waals surface area contributed by atoms with Gasteiger partial charge in [0, 0.05) is 24.9 Å². The third-order valence-corrected chi connectivity index (χ3v) is 3.42. The molecule has 1 aliphatic rings. The summed E-state index contributed by atoms with van der Waals surface area (Å²) < 4.78 is 7.19. The Morgan fingerprint density at radius 3 is 2.83 bits per heavy atom. The molecule has 0 saturated heterocycles. The van der Waals surface area contributed by atoms with Crippen LogP contribution in [0.5, 0.6) is 0 Å². The van der Waals surface area contributed by atoms with Crippen LogP contribution in [0.25, 0.3) is 10.9 Å². The zero-order valence-electron chi connectivity index (χ0n) is 10.3. The molecule has 0 amide bonds. The van der Waals surface area contributed by atoms with Crippen molar-refractivity contribution >= 4 is 22.7 Å². The van der Waals surface area contributed by atoms with Gasteiger partial charge in [0.1, 0.15) is 6.10 Å². The first-order chi connectivity index (χ1) is 8.59. The summed E-state index contributed by atoms with van der Waals surface area (Å²) in [6.45, 7) is 1.37. The van der Waals surface area contributed by atoms with Crippen LogP contribution in [0, 0.1) is 0 Å². The minimum Gasteiger partial charge on any atom is -0.456 e. The Labute approximate surface area is 104 Å². The van der Waals surface area contributed by atoms with E-state index >= 15 is 0 Å². The third-order valence-electron chi connectivity index (χ3n) is 3.42. The number of aromatic nitrogens is 1. The van der Waals surface area contributed by atoms with Crippen molar-refractivity contribution in [3.63, 3.8) is 0 Å². The molecule has 0 aliphatic heterocycles. The highest BCUT2D eigenvalue weighted by Gasteiger charge is 2.36. The zero-order valence-corrected chi connectivity index (χ0v) is 10.3. The third kappa shape index (κ3) is 1.38. The number of aryl methyl sites for hydroxylation is 1. The van der Waals surface area contributed by atoms with Gasteiger partial charge in [-0.1, -0.05) is 18.2 Å². The number of hydrogen-bond acceptors (Lipinski definition) is 3. The monoisotopic (exact) mass is 243 g/mol. The fourth-order valence-corrected chi connectivity index (χ4v) is 2.75. The van der Waals surface area contributed by atoms with Gasteiger partial charge in [-0.3, -0.25) is 9.59 Å². The fraction of sp³-hybridized carbons (Fsp3) is 0.286. The quantitative estimate of drug-likeness (QED) is 0.722. The maximum Gasteiger partial charge on any atom is 0.303 e. The molecule has 1 heterocycles. The van der Waals surface area contributed by atoms with Gasteiger partial charge < -0.3 is 9.30 Å². The average Bonchev–Trinajstić information content (AvgIpc) is 2.78.